The van der Waals surface area contributed by atoms with E-state index in [1.54, 1.807) is 0 Å². The zero-order valence-electron chi connectivity index (χ0n) is 25.9. The molecule has 0 atom stereocenters. The average molecular weight is 499 g/mol. The highest BCUT2D eigenvalue weighted by Gasteiger charge is 2.20. The highest BCUT2D eigenvalue weighted by Crippen LogP contribution is 2.32. The minimum atomic E-state index is 0.168. The molecule has 2 rings (SSSR count). The summed E-state index contributed by atoms with van der Waals surface area (Å²) >= 11 is 0. The van der Waals surface area contributed by atoms with Gasteiger partial charge < -0.3 is 9.47 Å². The quantitative estimate of drug-likeness (QED) is 0.271. The molecule has 206 valence electrons. The summed E-state index contributed by atoms with van der Waals surface area (Å²) in [5.74, 6) is 2.00. The summed E-state index contributed by atoms with van der Waals surface area (Å²) in [5.41, 5.74) is 5.60. The molecule has 0 aromatic heterocycles. The van der Waals surface area contributed by atoms with E-state index in [4.69, 9.17) is 9.47 Å². The van der Waals surface area contributed by atoms with Crippen molar-refractivity contribution in [2.45, 2.75) is 132 Å². The van der Waals surface area contributed by atoms with E-state index in [1.165, 1.54) is 47.9 Å². The van der Waals surface area contributed by atoms with E-state index >= 15 is 0 Å². The first-order chi connectivity index (χ1) is 17.0. The normalized spacial score (nSPS) is 11.1. The molecule has 0 fully saturated rings. The minimum Gasteiger partial charge on any atom is -0.493 e. The lowest BCUT2D eigenvalue weighted by molar-refractivity contribution is 0.264. The van der Waals surface area contributed by atoms with Crippen molar-refractivity contribution in [2.75, 3.05) is 13.2 Å². The highest BCUT2D eigenvalue weighted by atomic mass is 16.5. The van der Waals surface area contributed by atoms with Crippen LogP contribution in [0.1, 0.15) is 130 Å². The zero-order valence-corrected chi connectivity index (χ0v) is 25.9. The molecule has 0 aliphatic carbocycles. The first-order valence-corrected chi connectivity index (χ1v) is 14.5. The molecule has 2 aromatic rings. The van der Waals surface area contributed by atoms with E-state index in [9.17, 15) is 0 Å². The van der Waals surface area contributed by atoms with Crippen molar-refractivity contribution in [1.29, 1.82) is 0 Å². The molecule has 2 aromatic carbocycles. The van der Waals surface area contributed by atoms with Gasteiger partial charge in [0.05, 0.1) is 13.2 Å². The average Bonchev–Trinajstić information content (AvgIpc) is 2.84. The van der Waals surface area contributed by atoms with Crippen molar-refractivity contribution in [3.63, 3.8) is 0 Å². The lowest BCUT2D eigenvalue weighted by atomic mass is 9.79. The smallest absolute Gasteiger partial charge is 0.122 e. The van der Waals surface area contributed by atoms with Crippen LogP contribution in [-0.2, 0) is 10.8 Å². The molecule has 0 unspecified atom stereocenters. The van der Waals surface area contributed by atoms with Crippen molar-refractivity contribution in [2.24, 2.45) is 0 Å². The Kier molecular flexibility index (Phi) is 16.5. The van der Waals surface area contributed by atoms with Gasteiger partial charge in [0.1, 0.15) is 11.5 Å². The van der Waals surface area contributed by atoms with Crippen LogP contribution in [0, 0.1) is 13.8 Å². The maximum atomic E-state index is 6.08. The SMILES string of the molecule is CC.CC.CCCCCC(C)(C)c1ccc(OCCCCOc2ccc(C(C)(C)C)cc2C)c(C)c1. The second-order valence-electron chi connectivity index (χ2n) is 11.0. The third kappa shape index (κ3) is 11.8. The van der Waals surface area contributed by atoms with Gasteiger partial charge in [0.15, 0.2) is 0 Å². The number of benzene rings is 2. The molecule has 0 aliphatic heterocycles. The monoisotopic (exact) mass is 498 g/mol. The molecule has 0 radical (unpaired) electrons. The topological polar surface area (TPSA) is 18.5 Å². The number of unbranched alkanes of at least 4 members (excludes halogenated alkanes) is 3. The van der Waals surface area contributed by atoms with Crippen LogP contribution in [0.2, 0.25) is 0 Å². The van der Waals surface area contributed by atoms with Crippen LogP contribution in [0.3, 0.4) is 0 Å². The lowest BCUT2D eigenvalue weighted by Crippen LogP contribution is -2.17. The number of hydrogen-bond acceptors (Lipinski definition) is 2. The first kappa shape index (κ1) is 34.0. The van der Waals surface area contributed by atoms with Crippen LogP contribution in [-0.4, -0.2) is 13.2 Å². The summed E-state index contributed by atoms with van der Waals surface area (Å²) in [6.07, 6.45) is 7.10. The van der Waals surface area contributed by atoms with Gasteiger partial charge in [0.2, 0.25) is 0 Å². The molecule has 0 aliphatic rings. The van der Waals surface area contributed by atoms with Gasteiger partial charge in [0.25, 0.3) is 0 Å². The second kappa shape index (κ2) is 17.5. The van der Waals surface area contributed by atoms with Gasteiger partial charge in [-0.05, 0) is 78.3 Å². The number of hydrogen-bond donors (Lipinski definition) is 0. The number of aryl methyl sites for hydroxylation is 2. The fraction of sp³-hybridized carbons (Fsp3) is 0.647. The summed E-state index contributed by atoms with van der Waals surface area (Å²) < 4.78 is 12.1. The maximum Gasteiger partial charge on any atom is 0.122 e. The minimum absolute atomic E-state index is 0.168. The summed E-state index contributed by atoms with van der Waals surface area (Å²) in [5, 5.41) is 0. The van der Waals surface area contributed by atoms with Crippen molar-refractivity contribution >= 4 is 0 Å². The Labute approximate surface area is 225 Å². The molecule has 0 amide bonds. The van der Waals surface area contributed by atoms with E-state index < -0.39 is 0 Å². The number of rotatable bonds is 12. The summed E-state index contributed by atoms with van der Waals surface area (Å²) in [6, 6.07) is 13.3. The van der Waals surface area contributed by atoms with E-state index in [0.717, 1.165) is 37.6 Å². The van der Waals surface area contributed by atoms with Gasteiger partial charge in [0, 0.05) is 0 Å². The fourth-order valence-corrected chi connectivity index (χ4v) is 4.04. The molecule has 0 N–H and O–H groups in total. The molecule has 0 bridgehead atoms. The molecular formula is C34H58O2. The molecule has 0 spiro atoms. The summed E-state index contributed by atoms with van der Waals surface area (Å²) in [4.78, 5) is 0. The Hall–Kier alpha value is -1.96. The Balaban J connectivity index is 0.00000291. The van der Waals surface area contributed by atoms with Crippen LogP contribution >= 0.6 is 0 Å². The van der Waals surface area contributed by atoms with Gasteiger partial charge in [-0.3, -0.25) is 0 Å². The lowest BCUT2D eigenvalue weighted by Gasteiger charge is -2.26. The maximum absolute atomic E-state index is 6.08. The summed E-state index contributed by atoms with van der Waals surface area (Å²) in [6.45, 7) is 27.4. The summed E-state index contributed by atoms with van der Waals surface area (Å²) in [7, 11) is 0. The predicted molar refractivity (Wildman–Crippen MR) is 161 cm³/mol. The molecule has 0 heterocycles. The Morgan fingerprint density at radius 1 is 0.611 bits per heavy atom. The van der Waals surface area contributed by atoms with E-state index in [2.05, 4.69) is 91.8 Å². The van der Waals surface area contributed by atoms with E-state index in [0.29, 0.717) is 0 Å². The van der Waals surface area contributed by atoms with Crippen LogP contribution in [0.5, 0.6) is 11.5 Å². The zero-order chi connectivity index (χ0) is 27.8. The van der Waals surface area contributed by atoms with Gasteiger partial charge in [-0.1, -0.05) is 113 Å². The van der Waals surface area contributed by atoms with Gasteiger partial charge in [-0.2, -0.15) is 0 Å². The third-order valence-corrected chi connectivity index (χ3v) is 6.46. The predicted octanol–water partition coefficient (Wildman–Crippen LogP) is 10.7. The van der Waals surface area contributed by atoms with Crippen LogP contribution < -0.4 is 9.47 Å². The van der Waals surface area contributed by atoms with Crippen molar-refractivity contribution in [3.05, 3.63) is 58.7 Å². The van der Waals surface area contributed by atoms with E-state index in [1.807, 2.05) is 27.7 Å². The van der Waals surface area contributed by atoms with Crippen LogP contribution in [0.4, 0.5) is 0 Å². The molecule has 2 nitrogen and oxygen atoms in total. The largest absolute Gasteiger partial charge is 0.493 e. The van der Waals surface area contributed by atoms with Crippen molar-refractivity contribution in [1.82, 2.24) is 0 Å². The molecular weight excluding hydrogens is 440 g/mol. The molecule has 2 heteroatoms. The van der Waals surface area contributed by atoms with Crippen LogP contribution in [0.15, 0.2) is 36.4 Å². The Morgan fingerprint density at radius 3 is 1.47 bits per heavy atom. The van der Waals surface area contributed by atoms with Crippen molar-refractivity contribution in [3.8, 4) is 11.5 Å². The first-order valence-electron chi connectivity index (χ1n) is 14.5. The Morgan fingerprint density at radius 2 is 1.06 bits per heavy atom. The molecule has 0 saturated heterocycles. The van der Waals surface area contributed by atoms with E-state index in [-0.39, 0.29) is 10.8 Å². The Bertz CT molecular complexity index is 843. The van der Waals surface area contributed by atoms with Gasteiger partial charge in [-0.25, -0.2) is 0 Å². The number of ether oxygens (including phenoxy) is 2. The molecule has 0 saturated carbocycles. The second-order valence-corrected chi connectivity index (χ2v) is 11.0. The third-order valence-electron chi connectivity index (χ3n) is 6.46. The van der Waals surface area contributed by atoms with Crippen LogP contribution in [0.25, 0.3) is 0 Å². The highest BCUT2D eigenvalue weighted by molar-refractivity contribution is 5.39. The molecule has 36 heavy (non-hydrogen) atoms. The van der Waals surface area contributed by atoms with Gasteiger partial charge >= 0.3 is 0 Å². The standard InChI is InChI=1S/C30H46O2.2C2H6/c1-9-10-11-18-30(7,8)26-15-17-28(24(3)22-26)32-20-13-12-19-31-27-16-14-25(21-23(27)2)29(4,5)6;2*1-2/h14-17,21-22H,9-13,18-20H2,1-8H3;2*1-2H3. The fourth-order valence-electron chi connectivity index (χ4n) is 4.04. The van der Waals surface area contributed by atoms with Crippen molar-refractivity contribution < 1.29 is 9.47 Å². The van der Waals surface area contributed by atoms with Gasteiger partial charge in [-0.15, -0.1) is 0 Å².